The van der Waals surface area contributed by atoms with Gasteiger partial charge in [-0.25, -0.2) is 0 Å². The molecular formula is C11H16ClN3O. The third-order valence-corrected chi connectivity index (χ3v) is 2.68. The van der Waals surface area contributed by atoms with Crippen molar-refractivity contribution in [2.24, 2.45) is 10.9 Å². The summed E-state index contributed by atoms with van der Waals surface area (Å²) in [4.78, 5) is 2.04. The zero-order chi connectivity index (χ0) is 12.0. The number of halogens is 1. The van der Waals surface area contributed by atoms with E-state index in [-0.39, 0.29) is 5.84 Å². The molecule has 0 aromatic heterocycles. The summed E-state index contributed by atoms with van der Waals surface area (Å²) in [5.74, 6) is 0.203. The summed E-state index contributed by atoms with van der Waals surface area (Å²) in [6, 6.07) is 7.66. The molecule has 0 saturated heterocycles. The van der Waals surface area contributed by atoms with Crippen LogP contribution in [0.3, 0.4) is 0 Å². The summed E-state index contributed by atoms with van der Waals surface area (Å²) in [6.07, 6.45) is 0. The lowest BCUT2D eigenvalue weighted by Gasteiger charge is -2.20. The van der Waals surface area contributed by atoms with Crippen molar-refractivity contribution in [3.8, 4) is 0 Å². The van der Waals surface area contributed by atoms with Gasteiger partial charge in [-0.05, 0) is 18.2 Å². The predicted octanol–water partition coefficient (Wildman–Crippen LogP) is 1.91. The fourth-order valence-electron chi connectivity index (χ4n) is 1.41. The van der Waals surface area contributed by atoms with Crippen molar-refractivity contribution in [3.63, 3.8) is 0 Å². The van der Waals surface area contributed by atoms with E-state index in [4.69, 9.17) is 22.5 Å². The first kappa shape index (κ1) is 12.8. The highest BCUT2D eigenvalue weighted by Crippen LogP contribution is 2.16. The van der Waals surface area contributed by atoms with Gasteiger partial charge in [0.05, 0.1) is 6.54 Å². The monoisotopic (exact) mass is 241 g/mol. The number of hydrogen-bond acceptors (Lipinski definition) is 3. The van der Waals surface area contributed by atoms with E-state index in [1.807, 2.05) is 36.1 Å². The van der Waals surface area contributed by atoms with Crippen LogP contribution in [0.2, 0.25) is 5.02 Å². The van der Waals surface area contributed by atoms with Gasteiger partial charge in [0.25, 0.3) is 0 Å². The number of nitrogens with two attached hydrogens (primary N) is 1. The van der Waals surface area contributed by atoms with E-state index in [2.05, 4.69) is 5.16 Å². The van der Waals surface area contributed by atoms with Crippen LogP contribution in [0.25, 0.3) is 0 Å². The maximum absolute atomic E-state index is 8.51. The van der Waals surface area contributed by atoms with Crippen molar-refractivity contribution in [1.29, 1.82) is 0 Å². The highest BCUT2D eigenvalue weighted by atomic mass is 35.5. The van der Waals surface area contributed by atoms with Gasteiger partial charge >= 0.3 is 0 Å². The molecule has 0 spiro atoms. The molecule has 0 bridgehead atoms. The number of hydrogen-bond donors (Lipinski definition) is 2. The SMILES string of the molecule is CCN(CC(N)=NO)Cc1ccccc1Cl. The third kappa shape index (κ3) is 3.72. The van der Waals surface area contributed by atoms with E-state index >= 15 is 0 Å². The standard InChI is InChI=1S/C11H16ClN3O/c1-2-15(8-11(13)14-16)7-9-5-3-4-6-10(9)12/h3-6,16H,2,7-8H2,1H3,(H2,13,14). The van der Waals surface area contributed by atoms with E-state index in [0.717, 1.165) is 17.1 Å². The zero-order valence-electron chi connectivity index (χ0n) is 9.23. The van der Waals surface area contributed by atoms with Crippen molar-refractivity contribution in [3.05, 3.63) is 34.9 Å². The lowest BCUT2D eigenvalue weighted by Crippen LogP contribution is -2.33. The molecular weight excluding hydrogens is 226 g/mol. The maximum Gasteiger partial charge on any atom is 0.153 e. The lowest BCUT2D eigenvalue weighted by atomic mass is 10.2. The van der Waals surface area contributed by atoms with Crippen LogP contribution in [0.5, 0.6) is 0 Å². The van der Waals surface area contributed by atoms with Crippen LogP contribution >= 0.6 is 11.6 Å². The van der Waals surface area contributed by atoms with Gasteiger partial charge in [0, 0.05) is 11.6 Å². The van der Waals surface area contributed by atoms with Gasteiger partial charge in [0.2, 0.25) is 0 Å². The van der Waals surface area contributed by atoms with Crippen LogP contribution in [0, 0.1) is 0 Å². The van der Waals surface area contributed by atoms with Gasteiger partial charge in [-0.1, -0.05) is 41.9 Å². The van der Waals surface area contributed by atoms with Gasteiger partial charge in [0.15, 0.2) is 5.84 Å². The Labute approximate surface area is 100 Å². The molecule has 88 valence electrons. The average Bonchev–Trinajstić information content (AvgIpc) is 2.30. The number of amidine groups is 1. The van der Waals surface area contributed by atoms with Crippen LogP contribution in [0.1, 0.15) is 12.5 Å². The molecule has 4 nitrogen and oxygen atoms in total. The second-order valence-corrected chi connectivity index (χ2v) is 3.89. The molecule has 0 saturated carbocycles. The van der Waals surface area contributed by atoms with E-state index in [9.17, 15) is 0 Å². The van der Waals surface area contributed by atoms with Gasteiger partial charge in [-0.3, -0.25) is 4.90 Å². The first-order valence-electron chi connectivity index (χ1n) is 5.09. The van der Waals surface area contributed by atoms with E-state index in [1.54, 1.807) is 0 Å². The zero-order valence-corrected chi connectivity index (χ0v) is 9.98. The Morgan fingerprint density at radius 3 is 2.75 bits per heavy atom. The summed E-state index contributed by atoms with van der Waals surface area (Å²) < 4.78 is 0. The fourth-order valence-corrected chi connectivity index (χ4v) is 1.60. The molecule has 5 heteroatoms. The van der Waals surface area contributed by atoms with Crippen LogP contribution < -0.4 is 5.73 Å². The van der Waals surface area contributed by atoms with E-state index in [0.29, 0.717) is 13.1 Å². The predicted molar refractivity (Wildman–Crippen MR) is 65.8 cm³/mol. The number of oxime groups is 1. The molecule has 0 heterocycles. The molecule has 0 aliphatic rings. The van der Waals surface area contributed by atoms with Crippen molar-refractivity contribution in [2.75, 3.05) is 13.1 Å². The molecule has 0 unspecified atom stereocenters. The summed E-state index contributed by atoms with van der Waals surface area (Å²) in [7, 11) is 0. The Balaban J connectivity index is 2.67. The smallest absolute Gasteiger partial charge is 0.153 e. The average molecular weight is 242 g/mol. The van der Waals surface area contributed by atoms with Crippen molar-refractivity contribution in [2.45, 2.75) is 13.5 Å². The Morgan fingerprint density at radius 2 is 2.19 bits per heavy atom. The molecule has 0 atom stereocenters. The van der Waals surface area contributed by atoms with Gasteiger partial charge < -0.3 is 10.9 Å². The second kappa shape index (κ2) is 6.35. The Hall–Kier alpha value is -1.26. The molecule has 0 aliphatic heterocycles. The molecule has 0 amide bonds. The van der Waals surface area contributed by atoms with Crippen LogP contribution in [-0.4, -0.2) is 29.0 Å². The van der Waals surface area contributed by atoms with Gasteiger partial charge in [-0.2, -0.15) is 0 Å². The molecule has 3 N–H and O–H groups in total. The summed E-state index contributed by atoms with van der Waals surface area (Å²) >= 11 is 6.06. The Bertz CT molecular complexity index is 368. The fraction of sp³-hybridized carbons (Fsp3) is 0.364. The Kier molecular flexibility index (Phi) is 5.08. The van der Waals surface area contributed by atoms with Crippen LogP contribution in [-0.2, 0) is 6.54 Å². The first-order valence-corrected chi connectivity index (χ1v) is 5.47. The lowest BCUT2D eigenvalue weighted by molar-refractivity contribution is 0.294. The molecule has 1 aromatic carbocycles. The maximum atomic E-state index is 8.51. The van der Waals surface area contributed by atoms with Gasteiger partial charge in [0.1, 0.15) is 0 Å². The normalized spacial score (nSPS) is 12.1. The molecule has 0 aliphatic carbocycles. The second-order valence-electron chi connectivity index (χ2n) is 3.49. The van der Waals surface area contributed by atoms with Gasteiger partial charge in [-0.15, -0.1) is 0 Å². The van der Waals surface area contributed by atoms with Crippen molar-refractivity contribution >= 4 is 17.4 Å². The number of benzene rings is 1. The van der Waals surface area contributed by atoms with E-state index in [1.165, 1.54) is 0 Å². The molecule has 1 aromatic rings. The first-order chi connectivity index (χ1) is 7.67. The minimum Gasteiger partial charge on any atom is -0.409 e. The van der Waals surface area contributed by atoms with Crippen molar-refractivity contribution < 1.29 is 5.21 Å². The topological polar surface area (TPSA) is 61.8 Å². The highest BCUT2D eigenvalue weighted by Gasteiger charge is 2.08. The number of nitrogens with zero attached hydrogens (tertiary/aromatic N) is 2. The van der Waals surface area contributed by atoms with Crippen LogP contribution in [0.15, 0.2) is 29.4 Å². The number of likely N-dealkylation sites (N-methyl/N-ethyl adjacent to an activating group) is 1. The largest absolute Gasteiger partial charge is 0.409 e. The minimum atomic E-state index is 0.203. The summed E-state index contributed by atoms with van der Waals surface area (Å²) in [5.41, 5.74) is 6.51. The summed E-state index contributed by atoms with van der Waals surface area (Å²) in [6.45, 7) is 3.94. The third-order valence-electron chi connectivity index (χ3n) is 2.31. The molecule has 0 radical (unpaired) electrons. The Morgan fingerprint density at radius 1 is 1.50 bits per heavy atom. The molecule has 16 heavy (non-hydrogen) atoms. The van der Waals surface area contributed by atoms with Crippen LogP contribution in [0.4, 0.5) is 0 Å². The quantitative estimate of drug-likeness (QED) is 0.358. The van der Waals surface area contributed by atoms with Crippen molar-refractivity contribution in [1.82, 2.24) is 4.90 Å². The van der Waals surface area contributed by atoms with E-state index < -0.39 is 0 Å². The highest BCUT2D eigenvalue weighted by molar-refractivity contribution is 6.31. The summed E-state index contributed by atoms with van der Waals surface area (Å²) in [5, 5.41) is 12.2. The molecule has 0 fully saturated rings. The minimum absolute atomic E-state index is 0.203. The number of rotatable bonds is 5. The molecule has 1 rings (SSSR count).